The van der Waals surface area contributed by atoms with Crippen molar-refractivity contribution in [2.45, 2.75) is 40.2 Å². The quantitative estimate of drug-likeness (QED) is 0.839. The van der Waals surface area contributed by atoms with Crippen LogP contribution in [0.15, 0.2) is 12.3 Å². The molecular formula is C16H26ClN3. The standard InChI is InChI=1S/C16H26ClN3/c1-4-5-18-8-14-7-16(19-9-15(14)17)20-10-12(2)6-13(3)11-20/h7,9,12-13,18H,4-6,8,10-11H2,1-3H3. The SMILES string of the molecule is CCCNCc1cc(N2CC(C)CC(C)C2)ncc1Cl. The van der Waals surface area contributed by atoms with Gasteiger partial charge < -0.3 is 10.2 Å². The molecule has 0 aliphatic carbocycles. The van der Waals surface area contributed by atoms with Gasteiger partial charge in [0.05, 0.1) is 5.02 Å². The highest BCUT2D eigenvalue weighted by Crippen LogP contribution is 2.27. The Morgan fingerprint density at radius 2 is 2.05 bits per heavy atom. The second kappa shape index (κ2) is 7.28. The minimum atomic E-state index is 0.734. The minimum absolute atomic E-state index is 0.734. The normalized spacial score (nSPS) is 23.1. The smallest absolute Gasteiger partial charge is 0.128 e. The number of pyridine rings is 1. The van der Waals surface area contributed by atoms with E-state index in [1.54, 1.807) is 6.20 Å². The van der Waals surface area contributed by atoms with Crippen LogP contribution in [0.25, 0.3) is 0 Å². The zero-order chi connectivity index (χ0) is 14.5. The maximum absolute atomic E-state index is 6.25. The largest absolute Gasteiger partial charge is 0.356 e. The number of nitrogens with one attached hydrogen (secondary N) is 1. The van der Waals surface area contributed by atoms with Crippen molar-refractivity contribution in [3.8, 4) is 0 Å². The first-order valence-corrected chi connectivity index (χ1v) is 8.08. The van der Waals surface area contributed by atoms with Crippen LogP contribution in [0.2, 0.25) is 5.02 Å². The summed E-state index contributed by atoms with van der Waals surface area (Å²) in [6.45, 7) is 10.8. The van der Waals surface area contributed by atoms with Gasteiger partial charge in [-0.15, -0.1) is 0 Å². The average molecular weight is 296 g/mol. The summed E-state index contributed by atoms with van der Waals surface area (Å²) in [6, 6.07) is 2.15. The highest BCUT2D eigenvalue weighted by molar-refractivity contribution is 6.31. The highest BCUT2D eigenvalue weighted by Gasteiger charge is 2.23. The summed E-state index contributed by atoms with van der Waals surface area (Å²) < 4.78 is 0. The predicted octanol–water partition coefficient (Wildman–Crippen LogP) is 3.72. The van der Waals surface area contributed by atoms with E-state index < -0.39 is 0 Å². The number of anilines is 1. The van der Waals surface area contributed by atoms with Crippen molar-refractivity contribution < 1.29 is 0 Å². The van der Waals surface area contributed by atoms with E-state index >= 15 is 0 Å². The molecule has 1 aromatic rings. The number of piperidine rings is 1. The number of hydrogen-bond acceptors (Lipinski definition) is 3. The highest BCUT2D eigenvalue weighted by atomic mass is 35.5. The fourth-order valence-electron chi connectivity index (χ4n) is 3.03. The van der Waals surface area contributed by atoms with E-state index in [1.807, 2.05) is 0 Å². The number of aromatic nitrogens is 1. The third kappa shape index (κ3) is 4.10. The molecule has 2 atom stereocenters. The Bertz CT molecular complexity index is 426. The molecule has 2 rings (SSSR count). The molecule has 0 radical (unpaired) electrons. The molecule has 112 valence electrons. The molecule has 4 heteroatoms. The predicted molar refractivity (Wildman–Crippen MR) is 86.4 cm³/mol. The summed E-state index contributed by atoms with van der Waals surface area (Å²) in [7, 11) is 0. The van der Waals surface area contributed by atoms with Gasteiger partial charge in [-0.1, -0.05) is 32.4 Å². The van der Waals surface area contributed by atoms with Crippen LogP contribution in [0.1, 0.15) is 39.2 Å². The van der Waals surface area contributed by atoms with Gasteiger partial charge in [0.1, 0.15) is 5.82 Å². The molecule has 1 aliphatic rings. The van der Waals surface area contributed by atoms with E-state index in [1.165, 1.54) is 6.42 Å². The van der Waals surface area contributed by atoms with Gasteiger partial charge in [0, 0.05) is 25.8 Å². The van der Waals surface area contributed by atoms with Crippen LogP contribution in [0, 0.1) is 11.8 Å². The van der Waals surface area contributed by atoms with E-state index in [4.69, 9.17) is 11.6 Å². The zero-order valence-electron chi connectivity index (χ0n) is 12.8. The number of halogens is 1. The first-order chi connectivity index (χ1) is 9.60. The van der Waals surface area contributed by atoms with Gasteiger partial charge in [-0.3, -0.25) is 0 Å². The van der Waals surface area contributed by atoms with E-state index in [2.05, 4.69) is 42.0 Å². The first kappa shape index (κ1) is 15.6. The summed E-state index contributed by atoms with van der Waals surface area (Å²) in [5.41, 5.74) is 1.15. The molecule has 0 spiro atoms. The van der Waals surface area contributed by atoms with Gasteiger partial charge in [-0.05, 0) is 42.9 Å². The van der Waals surface area contributed by atoms with E-state index in [-0.39, 0.29) is 0 Å². The summed E-state index contributed by atoms with van der Waals surface area (Å²) in [4.78, 5) is 6.93. The van der Waals surface area contributed by atoms with Crippen LogP contribution < -0.4 is 10.2 Å². The Morgan fingerprint density at radius 1 is 1.35 bits per heavy atom. The van der Waals surface area contributed by atoms with Gasteiger partial charge in [-0.2, -0.15) is 0 Å². The summed E-state index contributed by atoms with van der Waals surface area (Å²) in [5, 5.41) is 4.17. The molecule has 0 bridgehead atoms. The van der Waals surface area contributed by atoms with Crippen molar-refractivity contribution in [3.05, 3.63) is 22.8 Å². The lowest BCUT2D eigenvalue weighted by Gasteiger charge is -2.36. The van der Waals surface area contributed by atoms with Crippen LogP contribution in [0.3, 0.4) is 0 Å². The zero-order valence-corrected chi connectivity index (χ0v) is 13.6. The van der Waals surface area contributed by atoms with Crippen molar-refractivity contribution in [2.75, 3.05) is 24.5 Å². The van der Waals surface area contributed by atoms with Crippen molar-refractivity contribution >= 4 is 17.4 Å². The fourth-order valence-corrected chi connectivity index (χ4v) is 3.20. The fraction of sp³-hybridized carbons (Fsp3) is 0.688. The molecule has 1 fully saturated rings. The van der Waals surface area contributed by atoms with Crippen molar-refractivity contribution in [3.63, 3.8) is 0 Å². The summed E-state index contributed by atoms with van der Waals surface area (Å²) >= 11 is 6.25. The Morgan fingerprint density at radius 3 is 2.70 bits per heavy atom. The third-order valence-corrected chi connectivity index (χ3v) is 4.20. The molecule has 20 heavy (non-hydrogen) atoms. The van der Waals surface area contributed by atoms with Gasteiger partial charge in [0.2, 0.25) is 0 Å². The lowest BCUT2D eigenvalue weighted by Crippen LogP contribution is -2.39. The molecular weight excluding hydrogens is 270 g/mol. The number of rotatable bonds is 5. The van der Waals surface area contributed by atoms with E-state index in [0.29, 0.717) is 0 Å². The van der Waals surface area contributed by atoms with E-state index in [0.717, 1.165) is 60.8 Å². The number of nitrogens with zero attached hydrogens (tertiary/aromatic N) is 2. The second-order valence-corrected chi connectivity index (χ2v) is 6.57. The summed E-state index contributed by atoms with van der Waals surface area (Å²) in [5.74, 6) is 2.54. The van der Waals surface area contributed by atoms with Gasteiger partial charge in [0.15, 0.2) is 0 Å². The minimum Gasteiger partial charge on any atom is -0.356 e. The Kier molecular flexibility index (Phi) is 5.67. The van der Waals surface area contributed by atoms with Crippen LogP contribution >= 0.6 is 11.6 Å². The van der Waals surface area contributed by atoms with Crippen molar-refractivity contribution in [1.29, 1.82) is 0 Å². The molecule has 0 aromatic carbocycles. The maximum atomic E-state index is 6.25. The topological polar surface area (TPSA) is 28.2 Å². The lowest BCUT2D eigenvalue weighted by molar-refractivity contribution is 0.355. The molecule has 1 N–H and O–H groups in total. The molecule has 0 saturated carbocycles. The average Bonchev–Trinajstić information content (AvgIpc) is 2.40. The Balaban J connectivity index is 2.09. The maximum Gasteiger partial charge on any atom is 0.128 e. The Labute approximate surface area is 127 Å². The molecule has 1 aromatic heterocycles. The molecule has 2 heterocycles. The van der Waals surface area contributed by atoms with Crippen LogP contribution in [-0.4, -0.2) is 24.6 Å². The van der Waals surface area contributed by atoms with Crippen molar-refractivity contribution in [2.24, 2.45) is 11.8 Å². The van der Waals surface area contributed by atoms with Crippen LogP contribution in [0.5, 0.6) is 0 Å². The molecule has 3 nitrogen and oxygen atoms in total. The van der Waals surface area contributed by atoms with Crippen LogP contribution in [-0.2, 0) is 6.54 Å². The second-order valence-electron chi connectivity index (χ2n) is 6.16. The van der Waals surface area contributed by atoms with Crippen molar-refractivity contribution in [1.82, 2.24) is 10.3 Å². The van der Waals surface area contributed by atoms with Gasteiger partial charge in [0.25, 0.3) is 0 Å². The van der Waals surface area contributed by atoms with Gasteiger partial charge in [-0.25, -0.2) is 4.98 Å². The molecule has 0 amide bonds. The van der Waals surface area contributed by atoms with Gasteiger partial charge >= 0.3 is 0 Å². The first-order valence-electron chi connectivity index (χ1n) is 7.70. The third-order valence-electron chi connectivity index (χ3n) is 3.86. The lowest BCUT2D eigenvalue weighted by atomic mass is 9.92. The summed E-state index contributed by atoms with van der Waals surface area (Å²) in [6.07, 6.45) is 4.25. The monoisotopic (exact) mass is 295 g/mol. The van der Waals surface area contributed by atoms with E-state index in [9.17, 15) is 0 Å². The Hall–Kier alpha value is -0.800. The molecule has 1 aliphatic heterocycles. The molecule has 1 saturated heterocycles. The molecule has 2 unspecified atom stereocenters. The van der Waals surface area contributed by atoms with Crippen LogP contribution in [0.4, 0.5) is 5.82 Å². The number of hydrogen-bond donors (Lipinski definition) is 1.